The molecule has 22 nitrogen and oxygen atoms in total. The van der Waals surface area contributed by atoms with Crippen molar-refractivity contribution in [2.45, 2.75) is 102 Å². The zero-order valence-corrected chi connectivity index (χ0v) is 29.4. The quantitative estimate of drug-likeness (QED) is 0.0279. The molecule has 52 heavy (non-hydrogen) atoms. The topological polar surface area (TPSA) is 371 Å². The van der Waals surface area contributed by atoms with Crippen LogP contribution in [0.5, 0.6) is 0 Å². The van der Waals surface area contributed by atoms with E-state index in [1.54, 1.807) is 13.8 Å². The number of aliphatic imine (C=N–C) groups is 1. The molecule has 1 fully saturated rings. The zero-order chi connectivity index (χ0) is 39.7. The molecular weight excluding hydrogens is 692 g/mol. The number of carboxylic acids is 2. The largest absolute Gasteiger partial charge is 0.481 e. The smallest absolute Gasteiger partial charge is 0.328 e. The van der Waals surface area contributed by atoms with Crippen LogP contribution in [0.1, 0.15) is 59.3 Å². The molecule has 0 radical (unpaired) electrons. The maximum atomic E-state index is 13.6. The minimum Gasteiger partial charge on any atom is -0.481 e. The number of carbonyl (C=O) groups is 8. The summed E-state index contributed by atoms with van der Waals surface area (Å²) in [7, 11) is 0. The maximum absolute atomic E-state index is 13.6. The van der Waals surface area contributed by atoms with Crippen LogP contribution in [0.2, 0.25) is 0 Å². The predicted octanol–water partition coefficient (Wildman–Crippen LogP) is -5.61. The molecule has 1 saturated heterocycles. The molecule has 1 heterocycles. The Bertz CT molecular complexity index is 1320. The van der Waals surface area contributed by atoms with Crippen molar-refractivity contribution in [1.29, 1.82) is 0 Å². The predicted molar refractivity (Wildman–Crippen MR) is 181 cm³/mol. The van der Waals surface area contributed by atoms with Gasteiger partial charge in [-0.2, -0.15) is 0 Å². The van der Waals surface area contributed by atoms with E-state index in [1.165, 1.54) is 11.8 Å². The average Bonchev–Trinajstić information content (AvgIpc) is 3.54. The third kappa shape index (κ3) is 15.4. The Morgan fingerprint density at radius 1 is 0.885 bits per heavy atom. The van der Waals surface area contributed by atoms with Crippen LogP contribution >= 0.6 is 0 Å². The molecular formula is C30H52N10O12. The summed E-state index contributed by atoms with van der Waals surface area (Å²) in [6.07, 6.45) is -1.42. The molecule has 1 rings (SSSR count). The Labute approximate surface area is 299 Å². The van der Waals surface area contributed by atoms with Crippen LogP contribution in [0, 0.1) is 5.92 Å². The first-order chi connectivity index (χ1) is 24.3. The first kappa shape index (κ1) is 44.9. The summed E-state index contributed by atoms with van der Waals surface area (Å²) < 4.78 is 0. The summed E-state index contributed by atoms with van der Waals surface area (Å²) in [6.45, 7) is 3.42. The number of rotatable bonds is 22. The number of aliphatic carboxylic acids is 2. The Kier molecular flexibility index (Phi) is 19.0. The number of nitrogens with one attached hydrogen (secondary N) is 5. The first-order valence-corrected chi connectivity index (χ1v) is 16.6. The van der Waals surface area contributed by atoms with Gasteiger partial charge in [0.25, 0.3) is 0 Å². The molecule has 0 bridgehead atoms. The van der Waals surface area contributed by atoms with Crippen molar-refractivity contribution >= 4 is 53.3 Å². The van der Waals surface area contributed by atoms with Crippen molar-refractivity contribution in [1.82, 2.24) is 31.5 Å². The molecule has 294 valence electrons. The Morgan fingerprint density at radius 2 is 1.54 bits per heavy atom. The highest BCUT2D eigenvalue weighted by molar-refractivity contribution is 5.96. The van der Waals surface area contributed by atoms with Crippen LogP contribution < -0.4 is 43.8 Å². The van der Waals surface area contributed by atoms with E-state index in [0.717, 1.165) is 0 Å². The van der Waals surface area contributed by atoms with Crippen molar-refractivity contribution in [2.75, 3.05) is 26.2 Å². The standard InChI is InChI=1S/C30H52N10O12/c1-14(2)10-18(28(50)40-9-5-7-20(40)26(48)38-19(13-41)29(51)52)36-21(43)12-35-25(47)17(6-4-8-34-30(32)33)37-27(49)23(15(3)42)39-24(46)16(31)11-22(44)45/h14-20,23,41-42H,4-13,31H2,1-3H3,(H,35,47)(H,36,43)(H,37,49)(H,38,48)(H,39,46)(H,44,45)(H,51,52)(H4,32,33,34)/t15-,16+,17+,18+,19+,20+,23+/m1/s1. The summed E-state index contributed by atoms with van der Waals surface area (Å²) in [5, 5.41) is 49.2. The maximum Gasteiger partial charge on any atom is 0.328 e. The number of nitrogens with two attached hydrogens (primary N) is 3. The molecule has 0 saturated carbocycles. The summed E-state index contributed by atoms with van der Waals surface area (Å²) in [5.41, 5.74) is 16.2. The van der Waals surface area contributed by atoms with Crippen molar-refractivity contribution < 1.29 is 58.8 Å². The van der Waals surface area contributed by atoms with Crippen LogP contribution in [0.3, 0.4) is 0 Å². The fourth-order valence-corrected chi connectivity index (χ4v) is 5.17. The van der Waals surface area contributed by atoms with Gasteiger partial charge in [-0.1, -0.05) is 13.8 Å². The highest BCUT2D eigenvalue weighted by Crippen LogP contribution is 2.20. The van der Waals surface area contributed by atoms with E-state index < -0.39 is 109 Å². The molecule has 1 aliphatic heterocycles. The van der Waals surface area contributed by atoms with Crippen LogP contribution in [0.4, 0.5) is 0 Å². The van der Waals surface area contributed by atoms with E-state index in [1.807, 2.05) is 0 Å². The summed E-state index contributed by atoms with van der Waals surface area (Å²) >= 11 is 0. The monoisotopic (exact) mass is 744 g/mol. The van der Waals surface area contributed by atoms with Crippen LogP contribution in [0.15, 0.2) is 4.99 Å². The summed E-state index contributed by atoms with van der Waals surface area (Å²) in [6, 6.07) is -8.30. The molecule has 6 amide bonds. The molecule has 22 heteroatoms. The number of nitrogens with zero attached hydrogens (tertiary/aromatic N) is 2. The second-order valence-corrected chi connectivity index (χ2v) is 12.7. The number of hydrogen-bond acceptors (Lipinski definition) is 12. The van der Waals surface area contributed by atoms with Gasteiger partial charge in [-0.3, -0.25) is 38.6 Å². The number of aliphatic hydroxyl groups is 2. The van der Waals surface area contributed by atoms with Gasteiger partial charge in [-0.05, 0) is 44.9 Å². The Balaban J connectivity index is 3.06. The second kappa shape index (κ2) is 22.0. The highest BCUT2D eigenvalue weighted by Gasteiger charge is 2.39. The lowest BCUT2D eigenvalue weighted by Gasteiger charge is -2.30. The molecule has 15 N–H and O–H groups in total. The molecule has 0 spiro atoms. The van der Waals surface area contributed by atoms with Crippen LogP contribution in [-0.4, -0.2) is 147 Å². The zero-order valence-electron chi connectivity index (χ0n) is 29.4. The number of carboxylic acid groups (broad SMARTS) is 2. The number of hydrogen-bond donors (Lipinski definition) is 12. The first-order valence-electron chi connectivity index (χ1n) is 16.6. The van der Waals surface area contributed by atoms with Crippen molar-refractivity contribution in [3.05, 3.63) is 0 Å². The van der Waals surface area contributed by atoms with Gasteiger partial charge < -0.3 is 69.1 Å². The van der Waals surface area contributed by atoms with Gasteiger partial charge in [0, 0.05) is 13.1 Å². The number of guanidine groups is 1. The van der Waals surface area contributed by atoms with Crippen molar-refractivity contribution in [2.24, 2.45) is 28.1 Å². The normalized spacial score (nSPS) is 17.4. The lowest BCUT2D eigenvalue weighted by Crippen LogP contribution is -2.59. The number of likely N-dealkylation sites (tertiary alicyclic amines) is 1. The second-order valence-electron chi connectivity index (χ2n) is 12.7. The minimum absolute atomic E-state index is 0.0502. The SMILES string of the molecule is CC(C)C[C@H](NC(=O)CNC(=O)[C@H](CCCN=C(N)N)NC(=O)[C@@H](NC(=O)[C@@H](N)CC(=O)O)[C@@H](C)O)C(=O)N1CCC[C@H]1C(=O)N[C@@H](CO)C(=O)O. The van der Waals surface area contributed by atoms with Crippen molar-refractivity contribution in [3.63, 3.8) is 0 Å². The molecule has 0 aromatic carbocycles. The molecule has 0 aromatic heterocycles. The lowest BCUT2D eigenvalue weighted by atomic mass is 10.0. The third-order valence-electron chi connectivity index (χ3n) is 7.77. The number of carbonyl (C=O) groups excluding carboxylic acids is 6. The number of amides is 6. The van der Waals surface area contributed by atoms with E-state index in [9.17, 15) is 53.7 Å². The molecule has 0 aliphatic carbocycles. The van der Waals surface area contributed by atoms with Gasteiger partial charge >= 0.3 is 11.9 Å². The summed E-state index contributed by atoms with van der Waals surface area (Å²) in [4.78, 5) is 105. The Hall–Kier alpha value is -5.09. The Morgan fingerprint density at radius 3 is 2.08 bits per heavy atom. The molecule has 7 atom stereocenters. The van der Waals surface area contributed by atoms with Gasteiger partial charge in [0.1, 0.15) is 30.2 Å². The van der Waals surface area contributed by atoms with Gasteiger partial charge in [0.15, 0.2) is 5.96 Å². The van der Waals surface area contributed by atoms with Gasteiger partial charge in [0.2, 0.25) is 35.4 Å². The minimum atomic E-state index is -1.65. The molecule has 0 aromatic rings. The molecule has 1 aliphatic rings. The van der Waals surface area contributed by atoms with E-state index >= 15 is 0 Å². The van der Waals surface area contributed by atoms with Crippen LogP contribution in [-0.2, 0) is 38.4 Å². The van der Waals surface area contributed by atoms with Crippen LogP contribution in [0.25, 0.3) is 0 Å². The average molecular weight is 745 g/mol. The van der Waals surface area contributed by atoms with Gasteiger partial charge in [-0.25, -0.2) is 4.79 Å². The molecule has 0 unspecified atom stereocenters. The fourth-order valence-electron chi connectivity index (χ4n) is 5.17. The van der Waals surface area contributed by atoms with E-state index in [2.05, 4.69) is 31.6 Å². The highest BCUT2D eigenvalue weighted by atomic mass is 16.4. The number of aliphatic hydroxyl groups excluding tert-OH is 2. The van der Waals surface area contributed by atoms with E-state index in [0.29, 0.717) is 6.42 Å². The third-order valence-corrected chi connectivity index (χ3v) is 7.77. The van der Waals surface area contributed by atoms with E-state index in [-0.39, 0.29) is 50.7 Å². The lowest BCUT2D eigenvalue weighted by molar-refractivity contribution is -0.145. The fraction of sp³-hybridized carbons (Fsp3) is 0.700. The van der Waals surface area contributed by atoms with E-state index in [4.69, 9.17) is 22.3 Å². The summed E-state index contributed by atoms with van der Waals surface area (Å²) in [5.74, 6) is -8.30. The van der Waals surface area contributed by atoms with Crippen molar-refractivity contribution in [3.8, 4) is 0 Å². The van der Waals surface area contributed by atoms with Gasteiger partial charge in [0.05, 0.1) is 31.7 Å². The van der Waals surface area contributed by atoms with Gasteiger partial charge in [-0.15, -0.1) is 0 Å².